The average Bonchev–Trinajstić information content (AvgIpc) is 2.39. The van der Waals surface area contributed by atoms with Gasteiger partial charge in [-0.05, 0) is 18.9 Å². The van der Waals surface area contributed by atoms with Gasteiger partial charge in [-0.1, -0.05) is 25.3 Å². The van der Waals surface area contributed by atoms with Gasteiger partial charge in [0.25, 0.3) is 0 Å². The van der Waals surface area contributed by atoms with Crippen molar-refractivity contribution in [1.29, 1.82) is 0 Å². The van der Waals surface area contributed by atoms with Crippen molar-refractivity contribution in [2.75, 3.05) is 0 Å². The van der Waals surface area contributed by atoms with Gasteiger partial charge in [0.15, 0.2) is 15.5 Å². The van der Waals surface area contributed by atoms with Gasteiger partial charge in [0.1, 0.15) is 0 Å². The van der Waals surface area contributed by atoms with Gasteiger partial charge in [0.05, 0.1) is 11.0 Å². The third-order valence-corrected chi connectivity index (χ3v) is 5.71. The number of carbonyl (C=O) groups is 1. The fraction of sp³-hybridized carbons (Fsp3) is 0.538. The van der Waals surface area contributed by atoms with Crippen molar-refractivity contribution in [2.24, 2.45) is 0 Å². The lowest BCUT2D eigenvalue weighted by molar-refractivity contribution is 0.0689. The SMILES string of the molecule is O=C(O)c1ncccc1CS(=O)(=O)C1CCCCC1. The van der Waals surface area contributed by atoms with Gasteiger partial charge in [0.2, 0.25) is 0 Å². The van der Waals surface area contributed by atoms with E-state index in [4.69, 9.17) is 5.11 Å². The smallest absolute Gasteiger partial charge is 0.354 e. The number of carboxylic acids is 1. The summed E-state index contributed by atoms with van der Waals surface area (Å²) in [5.74, 6) is -1.41. The molecular formula is C13H17NO4S. The van der Waals surface area contributed by atoms with Gasteiger partial charge in [-0.25, -0.2) is 18.2 Å². The highest BCUT2D eigenvalue weighted by Crippen LogP contribution is 2.26. The quantitative estimate of drug-likeness (QED) is 0.914. The summed E-state index contributed by atoms with van der Waals surface area (Å²) in [6.45, 7) is 0. The van der Waals surface area contributed by atoms with Gasteiger partial charge >= 0.3 is 5.97 Å². The van der Waals surface area contributed by atoms with Crippen LogP contribution in [0.15, 0.2) is 18.3 Å². The molecule has 5 nitrogen and oxygen atoms in total. The number of hydrogen-bond acceptors (Lipinski definition) is 4. The summed E-state index contributed by atoms with van der Waals surface area (Å²) in [7, 11) is -3.30. The van der Waals surface area contributed by atoms with Crippen LogP contribution in [0.3, 0.4) is 0 Å². The number of aromatic carboxylic acids is 1. The summed E-state index contributed by atoms with van der Waals surface area (Å²) in [6.07, 6.45) is 5.68. The zero-order chi connectivity index (χ0) is 13.9. The second kappa shape index (κ2) is 5.69. The van der Waals surface area contributed by atoms with Crippen LogP contribution >= 0.6 is 0 Å². The number of carboxylic acid groups (broad SMARTS) is 1. The maximum atomic E-state index is 12.3. The van der Waals surface area contributed by atoms with E-state index in [1.54, 1.807) is 6.07 Å². The average molecular weight is 283 g/mol. The molecule has 0 radical (unpaired) electrons. The maximum Gasteiger partial charge on any atom is 0.354 e. The van der Waals surface area contributed by atoms with E-state index in [-0.39, 0.29) is 22.3 Å². The first kappa shape index (κ1) is 14.0. The van der Waals surface area contributed by atoms with Crippen molar-refractivity contribution in [3.63, 3.8) is 0 Å². The molecule has 1 N–H and O–H groups in total. The molecule has 0 saturated heterocycles. The van der Waals surface area contributed by atoms with Crippen LogP contribution < -0.4 is 0 Å². The second-order valence-corrected chi connectivity index (χ2v) is 7.16. The summed E-state index contributed by atoms with van der Waals surface area (Å²) in [5.41, 5.74) is 0.113. The topological polar surface area (TPSA) is 84.3 Å². The minimum Gasteiger partial charge on any atom is -0.477 e. The van der Waals surface area contributed by atoms with Crippen LogP contribution in [0.4, 0.5) is 0 Å². The van der Waals surface area contributed by atoms with E-state index < -0.39 is 15.8 Å². The Morgan fingerprint density at radius 1 is 1.32 bits per heavy atom. The fourth-order valence-electron chi connectivity index (χ4n) is 2.51. The highest BCUT2D eigenvalue weighted by atomic mass is 32.2. The molecule has 0 atom stereocenters. The zero-order valence-electron chi connectivity index (χ0n) is 10.6. The first-order valence-electron chi connectivity index (χ1n) is 6.39. The predicted molar refractivity (Wildman–Crippen MR) is 70.7 cm³/mol. The Balaban J connectivity index is 2.22. The van der Waals surface area contributed by atoms with Crippen LogP contribution in [0.2, 0.25) is 0 Å². The lowest BCUT2D eigenvalue weighted by atomic mass is 10.0. The summed E-state index contributed by atoms with van der Waals surface area (Å²) in [6, 6.07) is 3.09. The molecule has 104 valence electrons. The molecule has 1 saturated carbocycles. The van der Waals surface area contributed by atoms with Crippen LogP contribution in [0.25, 0.3) is 0 Å². The van der Waals surface area contributed by atoms with Crippen LogP contribution in [-0.2, 0) is 15.6 Å². The van der Waals surface area contributed by atoms with E-state index in [0.29, 0.717) is 12.8 Å². The Labute approximate surface area is 112 Å². The molecule has 0 amide bonds. The largest absolute Gasteiger partial charge is 0.477 e. The summed E-state index contributed by atoms with van der Waals surface area (Å²) in [5, 5.41) is 8.69. The van der Waals surface area contributed by atoms with Gasteiger partial charge in [-0.3, -0.25) is 0 Å². The van der Waals surface area contributed by atoms with E-state index in [2.05, 4.69) is 4.98 Å². The molecule has 1 fully saturated rings. The van der Waals surface area contributed by atoms with Crippen LogP contribution in [0, 0.1) is 0 Å². The first-order valence-corrected chi connectivity index (χ1v) is 8.11. The fourth-order valence-corrected chi connectivity index (χ4v) is 4.46. The molecule has 0 unspecified atom stereocenters. The Kier molecular flexibility index (Phi) is 4.19. The van der Waals surface area contributed by atoms with Gasteiger partial charge in [-0.15, -0.1) is 0 Å². The molecule has 2 rings (SSSR count). The Hall–Kier alpha value is -1.43. The number of rotatable bonds is 4. The van der Waals surface area contributed by atoms with E-state index in [9.17, 15) is 13.2 Å². The lowest BCUT2D eigenvalue weighted by Gasteiger charge is -2.21. The number of nitrogens with zero attached hydrogens (tertiary/aromatic N) is 1. The van der Waals surface area contributed by atoms with E-state index >= 15 is 0 Å². The van der Waals surface area contributed by atoms with E-state index in [1.807, 2.05) is 0 Å². The Bertz CT molecular complexity index is 562. The molecule has 0 aromatic carbocycles. The monoisotopic (exact) mass is 283 g/mol. The van der Waals surface area contributed by atoms with Gasteiger partial charge < -0.3 is 5.11 Å². The normalized spacial score (nSPS) is 17.3. The summed E-state index contributed by atoms with van der Waals surface area (Å²) in [4.78, 5) is 14.8. The standard InChI is InChI=1S/C13H17NO4S/c15-13(16)12-10(5-4-8-14-12)9-19(17,18)11-6-2-1-3-7-11/h4-5,8,11H,1-3,6-7,9H2,(H,15,16). The van der Waals surface area contributed by atoms with Gasteiger partial charge in [-0.2, -0.15) is 0 Å². The Morgan fingerprint density at radius 3 is 2.63 bits per heavy atom. The van der Waals surface area contributed by atoms with Crippen molar-refractivity contribution in [3.8, 4) is 0 Å². The lowest BCUT2D eigenvalue weighted by Crippen LogP contribution is -2.26. The molecule has 0 bridgehead atoms. The van der Waals surface area contributed by atoms with Crippen LogP contribution in [0.1, 0.15) is 48.2 Å². The summed E-state index contributed by atoms with van der Waals surface area (Å²) < 4.78 is 24.6. The predicted octanol–water partition coefficient (Wildman–Crippen LogP) is 2.03. The zero-order valence-corrected chi connectivity index (χ0v) is 11.4. The second-order valence-electron chi connectivity index (χ2n) is 4.88. The molecule has 19 heavy (non-hydrogen) atoms. The number of aromatic nitrogens is 1. The molecule has 1 aromatic heterocycles. The van der Waals surface area contributed by atoms with E-state index in [1.165, 1.54) is 12.3 Å². The molecule has 1 aliphatic rings. The first-order chi connectivity index (χ1) is 9.00. The molecule has 1 aromatic rings. The minimum absolute atomic E-state index is 0.165. The molecule has 0 aliphatic heterocycles. The van der Waals surface area contributed by atoms with Crippen molar-refractivity contribution in [2.45, 2.75) is 43.1 Å². The number of pyridine rings is 1. The number of hydrogen-bond donors (Lipinski definition) is 1. The van der Waals surface area contributed by atoms with Crippen LogP contribution in [-0.4, -0.2) is 29.7 Å². The molecule has 1 heterocycles. The third kappa shape index (κ3) is 3.32. The Morgan fingerprint density at radius 2 is 2.00 bits per heavy atom. The highest BCUT2D eigenvalue weighted by Gasteiger charge is 2.28. The van der Waals surface area contributed by atoms with Crippen molar-refractivity contribution < 1.29 is 18.3 Å². The minimum atomic E-state index is -3.30. The maximum absolute atomic E-state index is 12.3. The molecule has 6 heteroatoms. The molecule has 1 aliphatic carbocycles. The third-order valence-electron chi connectivity index (χ3n) is 3.51. The van der Waals surface area contributed by atoms with Gasteiger partial charge in [0, 0.05) is 11.8 Å². The molecule has 0 spiro atoms. The van der Waals surface area contributed by atoms with Crippen molar-refractivity contribution >= 4 is 15.8 Å². The molecular weight excluding hydrogens is 266 g/mol. The number of sulfone groups is 1. The highest BCUT2D eigenvalue weighted by molar-refractivity contribution is 7.91. The van der Waals surface area contributed by atoms with Crippen molar-refractivity contribution in [3.05, 3.63) is 29.6 Å². The summed E-state index contributed by atoms with van der Waals surface area (Å²) >= 11 is 0. The van der Waals surface area contributed by atoms with Crippen LogP contribution in [0.5, 0.6) is 0 Å². The van der Waals surface area contributed by atoms with Crippen molar-refractivity contribution in [1.82, 2.24) is 4.98 Å². The van der Waals surface area contributed by atoms with E-state index in [0.717, 1.165) is 19.3 Å².